The van der Waals surface area contributed by atoms with Crippen molar-refractivity contribution in [1.82, 2.24) is 10.3 Å². The Morgan fingerprint density at radius 2 is 2.26 bits per heavy atom. The van der Waals surface area contributed by atoms with Gasteiger partial charge in [0, 0.05) is 18.6 Å². The minimum atomic E-state index is -0.461. The number of nitrogens with one attached hydrogen (secondary N) is 1. The van der Waals surface area contributed by atoms with E-state index in [1.165, 1.54) is 25.7 Å². The third kappa shape index (κ3) is 2.42. The largest absolute Gasteiger partial charge is 0.364 e. The van der Waals surface area contributed by atoms with E-state index in [1.807, 2.05) is 12.1 Å². The van der Waals surface area contributed by atoms with Gasteiger partial charge in [-0.1, -0.05) is 6.07 Å². The van der Waals surface area contributed by atoms with Gasteiger partial charge in [-0.2, -0.15) is 0 Å². The molecule has 1 aromatic rings. The number of carbonyl (C=O) groups excluding carboxylic acids is 1. The van der Waals surface area contributed by atoms with Crippen molar-refractivity contribution >= 4 is 11.7 Å². The monoisotopic (exact) mass is 260 g/mol. The summed E-state index contributed by atoms with van der Waals surface area (Å²) in [4.78, 5) is 18.0. The molecule has 2 saturated heterocycles. The zero-order chi connectivity index (χ0) is 13.2. The van der Waals surface area contributed by atoms with E-state index >= 15 is 0 Å². The van der Waals surface area contributed by atoms with Gasteiger partial charge in [0.1, 0.15) is 11.5 Å². The summed E-state index contributed by atoms with van der Waals surface area (Å²) in [6.45, 7) is 2.13. The number of primary amides is 1. The zero-order valence-electron chi connectivity index (χ0n) is 11.0. The molecule has 3 rings (SSSR count). The van der Waals surface area contributed by atoms with Gasteiger partial charge in [0.15, 0.2) is 0 Å². The van der Waals surface area contributed by atoms with Crippen LogP contribution in [0.4, 0.5) is 5.82 Å². The standard InChI is InChI=1S/C14H20N4O/c15-14(19)11-4-1-7-13(17-11)18-9-3-6-12(18)10-5-2-8-16-10/h1,4,7,10,12,16H,2-3,5-6,8-9H2,(H2,15,19). The first-order valence-corrected chi connectivity index (χ1v) is 7.02. The van der Waals surface area contributed by atoms with Crippen molar-refractivity contribution < 1.29 is 4.79 Å². The first-order chi connectivity index (χ1) is 9.25. The Morgan fingerprint density at radius 3 is 3.00 bits per heavy atom. The molecule has 0 aliphatic carbocycles. The van der Waals surface area contributed by atoms with Gasteiger partial charge in [0.2, 0.25) is 0 Å². The average Bonchev–Trinajstić information content (AvgIpc) is 3.09. The Balaban J connectivity index is 1.83. The maximum absolute atomic E-state index is 11.2. The quantitative estimate of drug-likeness (QED) is 0.847. The summed E-state index contributed by atoms with van der Waals surface area (Å²) in [5.41, 5.74) is 5.66. The third-order valence-electron chi connectivity index (χ3n) is 4.14. The number of nitrogens with zero attached hydrogens (tertiary/aromatic N) is 2. The fraction of sp³-hybridized carbons (Fsp3) is 0.571. The van der Waals surface area contributed by atoms with Crippen LogP contribution >= 0.6 is 0 Å². The smallest absolute Gasteiger partial charge is 0.267 e. The van der Waals surface area contributed by atoms with E-state index in [0.29, 0.717) is 17.8 Å². The molecule has 102 valence electrons. The van der Waals surface area contributed by atoms with Crippen molar-refractivity contribution in [2.45, 2.75) is 37.8 Å². The third-order valence-corrected chi connectivity index (χ3v) is 4.14. The molecule has 19 heavy (non-hydrogen) atoms. The van der Waals surface area contributed by atoms with E-state index in [4.69, 9.17) is 5.73 Å². The predicted molar refractivity (Wildman–Crippen MR) is 74.1 cm³/mol. The van der Waals surface area contributed by atoms with E-state index in [9.17, 15) is 4.79 Å². The van der Waals surface area contributed by atoms with Crippen molar-refractivity contribution in [2.24, 2.45) is 5.73 Å². The molecule has 0 saturated carbocycles. The van der Waals surface area contributed by atoms with E-state index < -0.39 is 5.91 Å². The molecule has 2 aliphatic rings. The minimum absolute atomic E-state index is 0.350. The number of rotatable bonds is 3. The number of hydrogen-bond donors (Lipinski definition) is 2. The number of aromatic nitrogens is 1. The molecule has 5 nitrogen and oxygen atoms in total. The summed E-state index contributed by atoms with van der Waals surface area (Å²) >= 11 is 0. The lowest BCUT2D eigenvalue weighted by Crippen LogP contribution is -2.44. The van der Waals surface area contributed by atoms with Crippen LogP contribution in [0, 0.1) is 0 Å². The van der Waals surface area contributed by atoms with Crippen LogP contribution in [0.15, 0.2) is 18.2 Å². The second kappa shape index (κ2) is 5.17. The molecule has 1 aromatic heterocycles. The van der Waals surface area contributed by atoms with Crippen LogP contribution in [-0.2, 0) is 0 Å². The highest BCUT2D eigenvalue weighted by atomic mass is 16.1. The number of nitrogens with two attached hydrogens (primary N) is 1. The first-order valence-electron chi connectivity index (χ1n) is 7.02. The van der Waals surface area contributed by atoms with Gasteiger partial charge in [0.05, 0.1) is 0 Å². The minimum Gasteiger partial charge on any atom is -0.364 e. The summed E-state index contributed by atoms with van der Waals surface area (Å²) in [5, 5.41) is 3.57. The second-order valence-electron chi connectivity index (χ2n) is 5.35. The van der Waals surface area contributed by atoms with Gasteiger partial charge in [-0.15, -0.1) is 0 Å². The van der Waals surface area contributed by atoms with E-state index in [2.05, 4.69) is 15.2 Å². The molecule has 3 heterocycles. The predicted octanol–water partition coefficient (Wildman–Crippen LogP) is 0.901. The average molecular weight is 260 g/mol. The molecule has 2 unspecified atom stereocenters. The number of pyridine rings is 1. The Kier molecular flexibility index (Phi) is 3.38. The highest BCUT2D eigenvalue weighted by Crippen LogP contribution is 2.28. The lowest BCUT2D eigenvalue weighted by molar-refractivity contribution is 0.0995. The van der Waals surface area contributed by atoms with Gasteiger partial charge < -0.3 is 16.0 Å². The topological polar surface area (TPSA) is 71.2 Å². The highest BCUT2D eigenvalue weighted by Gasteiger charge is 2.33. The molecule has 0 bridgehead atoms. The Morgan fingerprint density at radius 1 is 1.37 bits per heavy atom. The van der Waals surface area contributed by atoms with Crippen LogP contribution in [0.1, 0.15) is 36.2 Å². The lowest BCUT2D eigenvalue weighted by atomic mass is 10.0. The summed E-state index contributed by atoms with van der Waals surface area (Å²) in [6.07, 6.45) is 4.87. The maximum atomic E-state index is 11.2. The van der Waals surface area contributed by atoms with Crippen molar-refractivity contribution in [3.63, 3.8) is 0 Å². The van der Waals surface area contributed by atoms with E-state index in [0.717, 1.165) is 18.9 Å². The van der Waals surface area contributed by atoms with Gasteiger partial charge in [-0.25, -0.2) is 4.98 Å². The molecular formula is C14H20N4O. The van der Waals surface area contributed by atoms with Gasteiger partial charge >= 0.3 is 0 Å². The molecule has 2 fully saturated rings. The molecule has 0 aromatic carbocycles. The van der Waals surface area contributed by atoms with Crippen LogP contribution in [0.3, 0.4) is 0 Å². The molecule has 2 aliphatic heterocycles. The molecule has 2 atom stereocenters. The summed E-state index contributed by atoms with van der Waals surface area (Å²) < 4.78 is 0. The Labute approximate surface area is 113 Å². The van der Waals surface area contributed by atoms with Crippen molar-refractivity contribution in [2.75, 3.05) is 18.0 Å². The number of carbonyl (C=O) groups is 1. The number of hydrogen-bond acceptors (Lipinski definition) is 4. The van der Waals surface area contributed by atoms with Crippen molar-refractivity contribution in [1.29, 1.82) is 0 Å². The lowest BCUT2D eigenvalue weighted by Gasteiger charge is -2.30. The zero-order valence-corrected chi connectivity index (χ0v) is 11.0. The van der Waals surface area contributed by atoms with Crippen LogP contribution in [0.5, 0.6) is 0 Å². The van der Waals surface area contributed by atoms with E-state index in [-0.39, 0.29) is 0 Å². The van der Waals surface area contributed by atoms with Crippen molar-refractivity contribution in [3.05, 3.63) is 23.9 Å². The maximum Gasteiger partial charge on any atom is 0.267 e. The Bertz CT molecular complexity index is 470. The molecule has 3 N–H and O–H groups in total. The SMILES string of the molecule is NC(=O)c1cccc(N2CCCC2C2CCCN2)n1. The van der Waals surface area contributed by atoms with Gasteiger partial charge in [-0.3, -0.25) is 4.79 Å². The summed E-state index contributed by atoms with van der Waals surface area (Å²) in [5.74, 6) is 0.420. The van der Waals surface area contributed by atoms with E-state index in [1.54, 1.807) is 6.07 Å². The van der Waals surface area contributed by atoms with Gasteiger partial charge in [-0.05, 0) is 44.4 Å². The number of anilines is 1. The molecular weight excluding hydrogens is 240 g/mol. The summed E-state index contributed by atoms with van der Waals surface area (Å²) in [7, 11) is 0. The van der Waals surface area contributed by atoms with Gasteiger partial charge in [0.25, 0.3) is 5.91 Å². The fourth-order valence-electron chi connectivity index (χ4n) is 3.26. The summed E-state index contributed by atoms with van der Waals surface area (Å²) in [6, 6.07) is 6.56. The molecule has 0 spiro atoms. The van der Waals surface area contributed by atoms with Crippen LogP contribution in [0.2, 0.25) is 0 Å². The molecule has 0 radical (unpaired) electrons. The van der Waals surface area contributed by atoms with Crippen molar-refractivity contribution in [3.8, 4) is 0 Å². The Hall–Kier alpha value is -1.62. The van der Waals surface area contributed by atoms with Crippen LogP contribution < -0.4 is 16.0 Å². The normalized spacial score (nSPS) is 26.8. The molecule has 1 amide bonds. The van der Waals surface area contributed by atoms with Crippen LogP contribution in [0.25, 0.3) is 0 Å². The second-order valence-corrected chi connectivity index (χ2v) is 5.35. The van der Waals surface area contributed by atoms with Crippen LogP contribution in [-0.4, -0.2) is 36.1 Å². The number of amides is 1. The first kappa shape index (κ1) is 12.4. The highest BCUT2D eigenvalue weighted by molar-refractivity contribution is 5.91. The molecule has 5 heteroatoms. The fourth-order valence-corrected chi connectivity index (χ4v) is 3.26.